The minimum atomic E-state index is -0.398. The Morgan fingerprint density at radius 2 is 1.96 bits per heavy atom. The van der Waals surface area contributed by atoms with Gasteiger partial charge in [0.05, 0.1) is 6.61 Å². The van der Waals surface area contributed by atoms with Crippen LogP contribution in [0.3, 0.4) is 0 Å². The number of hydrogen-bond acceptors (Lipinski definition) is 3. The van der Waals surface area contributed by atoms with Crippen LogP contribution in [-0.2, 0) is 16.0 Å². The maximum Gasteiger partial charge on any atom is 0.344 e. The summed E-state index contributed by atoms with van der Waals surface area (Å²) in [6.45, 7) is 2.18. The van der Waals surface area contributed by atoms with Crippen molar-refractivity contribution < 1.29 is 18.7 Å². The number of aromatic amines is 1. The van der Waals surface area contributed by atoms with Gasteiger partial charge in [-0.1, -0.05) is 17.7 Å². The monoisotopic (exact) mass is 341 g/mol. The van der Waals surface area contributed by atoms with E-state index >= 15 is 0 Å². The van der Waals surface area contributed by atoms with Gasteiger partial charge in [0.2, 0.25) is 0 Å². The number of esters is 1. The molecule has 1 aromatic heterocycles. The average Bonchev–Trinajstić information content (AvgIpc) is 3.00. The number of H-pyrrole nitrogens is 1. The van der Waals surface area contributed by atoms with Gasteiger partial charge in [-0.3, -0.25) is 0 Å². The highest BCUT2D eigenvalue weighted by Crippen LogP contribution is 2.20. The number of aromatic nitrogens is 1. The maximum absolute atomic E-state index is 13.3. The zero-order chi connectivity index (χ0) is 17.6. The predicted octanol–water partition coefficient (Wildman–Crippen LogP) is 4.17. The molecule has 0 aliphatic rings. The van der Waals surface area contributed by atoms with E-state index in [1.54, 1.807) is 6.07 Å². The van der Waals surface area contributed by atoms with Crippen LogP contribution in [0.25, 0.3) is 10.9 Å². The van der Waals surface area contributed by atoms with Crippen molar-refractivity contribution in [1.29, 1.82) is 0 Å². The highest BCUT2D eigenvalue weighted by molar-refractivity contribution is 5.83. The molecule has 0 radical (unpaired) electrons. The Morgan fingerprint density at radius 1 is 1.16 bits per heavy atom. The van der Waals surface area contributed by atoms with Crippen LogP contribution in [0.5, 0.6) is 5.75 Å². The lowest BCUT2D eigenvalue weighted by atomic mass is 10.1. The van der Waals surface area contributed by atoms with Crippen molar-refractivity contribution in [3.8, 4) is 5.75 Å². The molecule has 0 atom stereocenters. The number of nitrogens with one attached hydrogen (secondary N) is 1. The number of ether oxygens (including phenoxy) is 2. The fraction of sp³-hybridized carbons (Fsp3) is 0.250. The molecule has 3 aromatic rings. The number of halogens is 1. The van der Waals surface area contributed by atoms with E-state index in [9.17, 15) is 9.18 Å². The molecule has 0 unspecified atom stereocenters. The summed E-state index contributed by atoms with van der Waals surface area (Å²) < 4.78 is 23.9. The van der Waals surface area contributed by atoms with Crippen molar-refractivity contribution in [2.24, 2.45) is 0 Å². The van der Waals surface area contributed by atoms with Gasteiger partial charge < -0.3 is 14.5 Å². The van der Waals surface area contributed by atoms with E-state index in [1.165, 1.54) is 12.1 Å². The largest absolute Gasteiger partial charge is 0.482 e. The number of fused-ring (bicyclic) bond motifs is 1. The Bertz CT molecular complexity index is 855. The predicted molar refractivity (Wildman–Crippen MR) is 94.2 cm³/mol. The Labute approximate surface area is 145 Å². The zero-order valence-corrected chi connectivity index (χ0v) is 14.0. The van der Waals surface area contributed by atoms with E-state index in [0.717, 1.165) is 22.0 Å². The van der Waals surface area contributed by atoms with Gasteiger partial charge >= 0.3 is 5.97 Å². The molecule has 1 N–H and O–H groups in total. The summed E-state index contributed by atoms with van der Waals surface area (Å²) in [6.07, 6.45) is 3.24. The highest BCUT2D eigenvalue weighted by atomic mass is 19.1. The summed E-state index contributed by atoms with van der Waals surface area (Å²) in [5.41, 5.74) is 3.05. The summed E-state index contributed by atoms with van der Waals surface area (Å²) in [6, 6.07) is 12.1. The van der Waals surface area contributed by atoms with Gasteiger partial charge in [0, 0.05) is 17.1 Å². The van der Waals surface area contributed by atoms with Crippen LogP contribution in [0.1, 0.15) is 17.5 Å². The number of benzene rings is 2. The molecule has 5 heteroatoms. The fourth-order valence-electron chi connectivity index (χ4n) is 2.62. The lowest BCUT2D eigenvalue weighted by Crippen LogP contribution is -2.15. The molecule has 25 heavy (non-hydrogen) atoms. The third-order valence-electron chi connectivity index (χ3n) is 3.96. The normalized spacial score (nSPS) is 10.8. The topological polar surface area (TPSA) is 51.3 Å². The molecule has 0 saturated heterocycles. The Morgan fingerprint density at radius 3 is 2.76 bits per heavy atom. The third-order valence-corrected chi connectivity index (χ3v) is 3.96. The number of rotatable bonds is 7. The van der Waals surface area contributed by atoms with Crippen LogP contribution in [-0.4, -0.2) is 24.2 Å². The molecule has 1 heterocycles. The Kier molecular flexibility index (Phi) is 5.33. The third kappa shape index (κ3) is 4.59. The molecule has 0 bridgehead atoms. The van der Waals surface area contributed by atoms with Gasteiger partial charge in [0.1, 0.15) is 11.6 Å². The lowest BCUT2D eigenvalue weighted by molar-refractivity contribution is -0.146. The quantitative estimate of drug-likeness (QED) is 0.518. The van der Waals surface area contributed by atoms with Crippen molar-refractivity contribution in [2.75, 3.05) is 13.2 Å². The van der Waals surface area contributed by atoms with Gasteiger partial charge in [-0.25, -0.2) is 9.18 Å². The summed E-state index contributed by atoms with van der Waals surface area (Å²) >= 11 is 0. The van der Waals surface area contributed by atoms with Crippen LogP contribution in [0, 0.1) is 12.7 Å². The van der Waals surface area contributed by atoms with Crippen molar-refractivity contribution in [3.05, 3.63) is 65.6 Å². The van der Waals surface area contributed by atoms with Crippen molar-refractivity contribution in [2.45, 2.75) is 19.8 Å². The highest BCUT2D eigenvalue weighted by Gasteiger charge is 2.07. The number of aryl methyl sites for hydroxylation is 2. The maximum atomic E-state index is 13.3. The van der Waals surface area contributed by atoms with Gasteiger partial charge in [0.25, 0.3) is 0 Å². The number of carbonyl (C=O) groups is 1. The summed E-state index contributed by atoms with van der Waals surface area (Å²) in [5, 5.41) is 0.869. The molecule has 3 rings (SSSR count). The van der Waals surface area contributed by atoms with Gasteiger partial charge in [-0.15, -0.1) is 0 Å². The first-order valence-electron chi connectivity index (χ1n) is 8.22. The van der Waals surface area contributed by atoms with E-state index in [0.29, 0.717) is 25.2 Å². The van der Waals surface area contributed by atoms with E-state index in [2.05, 4.69) is 4.98 Å². The van der Waals surface area contributed by atoms with Crippen LogP contribution in [0.2, 0.25) is 0 Å². The first-order chi connectivity index (χ1) is 12.1. The van der Waals surface area contributed by atoms with Crippen LogP contribution in [0.15, 0.2) is 48.7 Å². The van der Waals surface area contributed by atoms with E-state index < -0.39 is 5.97 Å². The number of hydrogen-bond donors (Lipinski definition) is 1. The van der Waals surface area contributed by atoms with Crippen molar-refractivity contribution in [1.82, 2.24) is 4.98 Å². The van der Waals surface area contributed by atoms with E-state index in [1.807, 2.05) is 37.4 Å². The van der Waals surface area contributed by atoms with E-state index in [4.69, 9.17) is 9.47 Å². The van der Waals surface area contributed by atoms with Crippen molar-refractivity contribution in [3.63, 3.8) is 0 Å². The second-order valence-corrected chi connectivity index (χ2v) is 5.93. The summed E-state index contributed by atoms with van der Waals surface area (Å²) in [7, 11) is 0. The van der Waals surface area contributed by atoms with Crippen LogP contribution in [0.4, 0.5) is 4.39 Å². The molecule has 130 valence electrons. The molecule has 0 aliphatic heterocycles. The molecule has 0 aliphatic carbocycles. The lowest BCUT2D eigenvalue weighted by Gasteiger charge is -2.07. The Hall–Kier alpha value is -2.82. The van der Waals surface area contributed by atoms with Gasteiger partial charge in [0.15, 0.2) is 6.61 Å². The Balaban J connectivity index is 1.41. The molecule has 0 amide bonds. The second-order valence-electron chi connectivity index (χ2n) is 5.93. The van der Waals surface area contributed by atoms with Crippen LogP contribution >= 0.6 is 0 Å². The van der Waals surface area contributed by atoms with Crippen molar-refractivity contribution >= 4 is 16.9 Å². The standard InChI is InChI=1S/C20H20FNO3/c1-14-4-7-17(8-5-14)25-13-20(23)24-10-2-3-15-12-22-19-9-6-16(21)11-18(15)19/h4-9,11-12,22H,2-3,10,13H2,1H3. The van der Waals surface area contributed by atoms with Gasteiger partial charge in [-0.2, -0.15) is 0 Å². The molecule has 4 nitrogen and oxygen atoms in total. The second kappa shape index (κ2) is 7.83. The minimum Gasteiger partial charge on any atom is -0.482 e. The molecular formula is C20H20FNO3. The minimum absolute atomic E-state index is 0.110. The zero-order valence-electron chi connectivity index (χ0n) is 14.0. The van der Waals surface area contributed by atoms with Crippen LogP contribution < -0.4 is 4.74 Å². The first-order valence-corrected chi connectivity index (χ1v) is 8.22. The molecule has 0 fully saturated rings. The summed E-state index contributed by atoms with van der Waals surface area (Å²) in [4.78, 5) is 14.8. The SMILES string of the molecule is Cc1ccc(OCC(=O)OCCCc2c[nH]c3ccc(F)cc23)cc1. The average molecular weight is 341 g/mol. The van der Waals surface area contributed by atoms with Gasteiger partial charge in [-0.05, 0) is 55.7 Å². The van der Waals surface area contributed by atoms with E-state index in [-0.39, 0.29) is 12.4 Å². The molecular weight excluding hydrogens is 321 g/mol. The molecule has 0 saturated carbocycles. The molecule has 0 spiro atoms. The smallest absolute Gasteiger partial charge is 0.344 e. The first kappa shape index (κ1) is 17.0. The summed E-state index contributed by atoms with van der Waals surface area (Å²) in [5.74, 6) is -0.0121. The molecule has 2 aromatic carbocycles. The fourth-order valence-corrected chi connectivity index (χ4v) is 2.62. The number of carbonyl (C=O) groups excluding carboxylic acids is 1.